The highest BCUT2D eigenvalue weighted by Crippen LogP contribution is 2.22. The highest BCUT2D eigenvalue weighted by molar-refractivity contribution is 5.93. The predicted molar refractivity (Wildman–Crippen MR) is 259 cm³/mol. The van der Waals surface area contributed by atoms with Crippen LogP contribution in [0.4, 0.5) is 4.79 Å². The van der Waals surface area contributed by atoms with E-state index in [1.807, 2.05) is 0 Å². The molecule has 28 nitrogen and oxygen atoms in total. The number of aliphatic hydroxyl groups is 3. The van der Waals surface area contributed by atoms with E-state index in [4.69, 9.17) is 49.6 Å². The minimum atomic E-state index is -1.65. The molecule has 13 atom stereocenters. The third kappa shape index (κ3) is 23.4. The maximum absolute atomic E-state index is 13.1. The lowest BCUT2D eigenvalue weighted by Gasteiger charge is -2.43. The van der Waals surface area contributed by atoms with E-state index in [1.165, 1.54) is 0 Å². The van der Waals surface area contributed by atoms with E-state index in [0.29, 0.717) is 84.0 Å². The molecule has 7 amide bonds. The summed E-state index contributed by atoms with van der Waals surface area (Å²) in [6, 6.07) is -5.09. The first-order valence-electron chi connectivity index (χ1n) is 24.6. The maximum atomic E-state index is 13.1. The monoisotopic (exact) mass is 1010 g/mol. The fraction of sp³-hybridized carbons (Fsp3) is 0.814. The van der Waals surface area contributed by atoms with Crippen LogP contribution in [0.15, 0.2) is 4.99 Å². The van der Waals surface area contributed by atoms with Gasteiger partial charge in [-0.3, -0.25) is 28.8 Å². The van der Waals surface area contributed by atoms with Crippen LogP contribution in [-0.2, 0) is 38.2 Å². The van der Waals surface area contributed by atoms with Gasteiger partial charge in [0.2, 0.25) is 35.4 Å². The molecule has 406 valence electrons. The number of hydrogen-bond donors (Lipinski definition) is 18. The van der Waals surface area contributed by atoms with Crippen LogP contribution < -0.4 is 82.7 Å². The summed E-state index contributed by atoms with van der Waals surface area (Å²) in [4.78, 5) is 90.2. The number of fused-ring (bicyclic) bond motifs is 1. The number of nitrogens with two attached hydrogens (primary N) is 7. The minimum absolute atomic E-state index is 0.00440. The van der Waals surface area contributed by atoms with Crippen molar-refractivity contribution < 1.29 is 58.4 Å². The number of carbonyl (C=O) groups is 7. The number of primary amides is 1. The van der Waals surface area contributed by atoms with E-state index in [9.17, 15) is 48.9 Å². The van der Waals surface area contributed by atoms with Gasteiger partial charge in [0, 0.05) is 95.0 Å². The first kappa shape index (κ1) is 60.3. The van der Waals surface area contributed by atoms with Gasteiger partial charge in [0.25, 0.3) is 0 Å². The third-order valence-corrected chi connectivity index (χ3v) is 12.1. The Hall–Kier alpha value is -5.04. The molecule has 28 heteroatoms. The van der Waals surface area contributed by atoms with Crippen molar-refractivity contribution in [1.29, 1.82) is 0 Å². The second kappa shape index (κ2) is 32.1. The van der Waals surface area contributed by atoms with Crippen molar-refractivity contribution in [3.05, 3.63) is 0 Å². The number of nitrogens with zero attached hydrogens (tertiary/aromatic N) is 1. The molecule has 2 fully saturated rings. The van der Waals surface area contributed by atoms with Crippen molar-refractivity contribution >= 4 is 47.5 Å². The van der Waals surface area contributed by atoms with Gasteiger partial charge in [-0.2, -0.15) is 0 Å². The molecule has 3 rings (SSSR count). The van der Waals surface area contributed by atoms with Crippen LogP contribution in [0.25, 0.3) is 0 Å². The summed E-state index contributed by atoms with van der Waals surface area (Å²) in [5, 5.41) is 54.3. The molecule has 0 bridgehead atoms. The number of nitrogens with one attached hydrogen (secondary N) is 8. The van der Waals surface area contributed by atoms with Crippen LogP contribution in [0.2, 0.25) is 0 Å². The van der Waals surface area contributed by atoms with Crippen LogP contribution in [0.1, 0.15) is 96.3 Å². The van der Waals surface area contributed by atoms with Crippen molar-refractivity contribution in [2.75, 3.05) is 45.9 Å². The normalized spacial score (nSPS) is 24.8. The Balaban J connectivity index is 1.24. The summed E-state index contributed by atoms with van der Waals surface area (Å²) in [7, 11) is 0. The summed E-state index contributed by atoms with van der Waals surface area (Å²) < 4.78 is 10.6. The number of hydrogen-bond acceptors (Lipinski definition) is 21. The molecular weight excluding hydrogens is 933 g/mol. The highest BCUT2D eigenvalue weighted by atomic mass is 16.6. The number of β-amino-alcohol motifs (C(OH)–C–C–N with tert-alkyl or cyclic N) is 1. The number of aliphatic imine (C=N–C) groups is 1. The van der Waals surface area contributed by atoms with Gasteiger partial charge in [-0.15, -0.1) is 0 Å². The molecule has 71 heavy (non-hydrogen) atoms. The molecule has 25 N–H and O–H groups in total. The molecular formula is C43H82N16O12. The lowest BCUT2D eigenvalue weighted by atomic mass is 9.95. The van der Waals surface area contributed by atoms with Gasteiger partial charge in [-0.1, -0.05) is 0 Å². The van der Waals surface area contributed by atoms with Crippen LogP contribution in [0.3, 0.4) is 0 Å². The summed E-state index contributed by atoms with van der Waals surface area (Å²) in [5.41, 5.74) is 41.0. The third-order valence-electron chi connectivity index (χ3n) is 12.1. The van der Waals surface area contributed by atoms with Crippen LogP contribution in [-0.4, -0.2) is 188 Å². The van der Waals surface area contributed by atoms with Crippen molar-refractivity contribution in [2.24, 2.45) is 45.1 Å². The number of aliphatic hydroxyl groups excluding tert-OH is 3. The number of piperidine rings is 1. The molecule has 0 spiro atoms. The fourth-order valence-electron chi connectivity index (χ4n) is 8.21. The van der Waals surface area contributed by atoms with E-state index >= 15 is 0 Å². The van der Waals surface area contributed by atoms with Gasteiger partial charge >= 0.3 is 6.09 Å². The Morgan fingerprint density at radius 1 is 0.662 bits per heavy atom. The molecule has 3 heterocycles. The molecule has 0 aliphatic carbocycles. The Bertz CT molecular complexity index is 1740. The molecule has 9 unspecified atom stereocenters. The van der Waals surface area contributed by atoms with E-state index in [1.54, 1.807) is 0 Å². The summed E-state index contributed by atoms with van der Waals surface area (Å²) in [6.45, 7) is 1.48. The molecule has 3 aliphatic heterocycles. The predicted octanol–water partition coefficient (Wildman–Crippen LogP) is -7.30. The average Bonchev–Trinajstić information content (AvgIpc) is 3.74. The summed E-state index contributed by atoms with van der Waals surface area (Å²) >= 11 is 0. The molecule has 2 saturated heterocycles. The van der Waals surface area contributed by atoms with Gasteiger partial charge in [0.1, 0.15) is 31.0 Å². The van der Waals surface area contributed by atoms with Gasteiger partial charge < -0.3 is 107 Å². The largest absolute Gasteiger partial charge is 0.447 e. The highest BCUT2D eigenvalue weighted by Gasteiger charge is 2.48. The lowest BCUT2D eigenvalue weighted by molar-refractivity contribution is -0.198. The molecule has 0 aromatic heterocycles. The lowest BCUT2D eigenvalue weighted by Crippen LogP contribution is -2.69. The number of ether oxygens (including phenoxy) is 2. The van der Waals surface area contributed by atoms with Gasteiger partial charge in [-0.25, -0.2) is 9.79 Å². The second-order valence-electron chi connectivity index (χ2n) is 18.6. The quantitative estimate of drug-likeness (QED) is 0.0272. The first-order valence-corrected chi connectivity index (χ1v) is 24.6. The smallest absolute Gasteiger partial charge is 0.404 e. The molecule has 3 aliphatic rings. The van der Waals surface area contributed by atoms with Crippen molar-refractivity contribution in [1.82, 2.24) is 42.5 Å². The molecule has 0 saturated carbocycles. The SMILES string of the molecule is NCCCC(N)CC(=O)NCCCC(N)CC(=O)NCCCC(N)CC(=O)NCCCC(N)CC(=O)NCCCC(N)CC(=O)N[C@H]1C(NC2=NC3C(=O)NCC(O)C3N2)O[C@H](COC(N)=O)[C@H](O)[C@H]1O. The van der Waals surface area contributed by atoms with Crippen LogP contribution >= 0.6 is 0 Å². The number of rotatable bonds is 33. The van der Waals surface area contributed by atoms with Gasteiger partial charge in [-0.05, 0) is 70.8 Å². The molecule has 0 aromatic rings. The Labute approximate surface area is 413 Å². The zero-order valence-electron chi connectivity index (χ0n) is 40.6. The van der Waals surface area contributed by atoms with Crippen molar-refractivity contribution in [3.8, 4) is 0 Å². The van der Waals surface area contributed by atoms with Crippen molar-refractivity contribution in [3.63, 3.8) is 0 Å². The number of carbonyl (C=O) groups excluding carboxylic acids is 7. The van der Waals surface area contributed by atoms with Gasteiger partial charge in [0.15, 0.2) is 18.2 Å². The Kier molecular flexibility index (Phi) is 27.3. The second-order valence-corrected chi connectivity index (χ2v) is 18.6. The van der Waals surface area contributed by atoms with E-state index < -0.39 is 91.4 Å². The Morgan fingerprint density at radius 2 is 1.08 bits per heavy atom. The van der Waals surface area contributed by atoms with Gasteiger partial charge in [0.05, 0.1) is 12.1 Å². The van der Waals surface area contributed by atoms with E-state index in [-0.39, 0.29) is 86.9 Å². The molecule has 0 aromatic carbocycles. The summed E-state index contributed by atoms with van der Waals surface area (Å²) in [5.74, 6) is -1.80. The van der Waals surface area contributed by atoms with Crippen LogP contribution in [0, 0.1) is 0 Å². The number of amides is 7. The number of guanidine groups is 1. The zero-order chi connectivity index (χ0) is 52.5. The van der Waals surface area contributed by atoms with E-state index in [0.717, 1.165) is 6.42 Å². The fourth-order valence-corrected chi connectivity index (χ4v) is 8.21. The topological polar surface area (TPSA) is 489 Å². The summed E-state index contributed by atoms with van der Waals surface area (Å²) in [6.07, 6.45) is -2.03. The average molecular weight is 1020 g/mol. The maximum Gasteiger partial charge on any atom is 0.404 e. The van der Waals surface area contributed by atoms with E-state index in [2.05, 4.69) is 47.5 Å². The Morgan fingerprint density at radius 3 is 1.49 bits per heavy atom. The van der Waals surface area contributed by atoms with Crippen molar-refractivity contribution in [2.45, 2.75) is 175 Å². The van der Waals surface area contributed by atoms with Crippen LogP contribution in [0.5, 0.6) is 0 Å². The zero-order valence-corrected chi connectivity index (χ0v) is 40.6. The standard InChI is InChI=1S/C43H82N16O12/c44-11-1-6-23(45)16-30(61)51-12-2-7-24(46)17-31(62)52-13-3-8-25(47)18-32(63)53-14-4-9-26(48)19-33(64)54-15-5-10-27(49)20-34(65)56-37-39(67)38(66)29(22-70-42(50)69)71-41(37)59-43-57-35-28(60)21-55-40(68)36(35)58-43/h23-29,35-39,41,60,66-67H,1-22,44-49H2,(H2,50,69)(H,51,61)(H,52,62)(H,53,63)(H,54,64)(H,55,68)(H,56,65)(H2,57,58,59)/t23?,24?,25?,26?,27?,28?,29-,35?,36?,37-,38+,39+,41?/m1/s1. The first-order chi connectivity index (χ1) is 33.8. The minimum Gasteiger partial charge on any atom is -0.447 e. The molecule has 0 radical (unpaired) electrons.